The number of benzene rings is 1. The van der Waals surface area contributed by atoms with Crippen LogP contribution in [0.25, 0.3) is 22.4 Å². The topological polar surface area (TPSA) is 95.2 Å². The van der Waals surface area contributed by atoms with E-state index < -0.39 is 0 Å². The third-order valence-corrected chi connectivity index (χ3v) is 3.90. The highest BCUT2D eigenvalue weighted by Gasteiger charge is 2.14. The van der Waals surface area contributed by atoms with Gasteiger partial charge in [-0.3, -0.25) is 0 Å². The Bertz CT molecular complexity index is 834. The van der Waals surface area contributed by atoms with E-state index in [0.717, 1.165) is 5.13 Å². The number of aromatic nitrogens is 3. The molecule has 120 valence electrons. The zero-order chi connectivity index (χ0) is 16.4. The largest absolute Gasteiger partial charge is 0.497 e. The molecule has 7 nitrogen and oxygen atoms in total. The summed E-state index contributed by atoms with van der Waals surface area (Å²) in [6.45, 7) is 4.11. The van der Waals surface area contributed by atoms with Gasteiger partial charge in [-0.15, -0.1) is 11.3 Å². The van der Waals surface area contributed by atoms with Crippen LogP contribution >= 0.6 is 11.3 Å². The molecular formula is C15H17N5O2S. The zero-order valence-electron chi connectivity index (χ0n) is 13.0. The van der Waals surface area contributed by atoms with Crippen LogP contribution < -0.4 is 20.8 Å². The summed E-state index contributed by atoms with van der Waals surface area (Å²) in [5.41, 5.74) is 1.35. The molecule has 0 atom stereocenters. The van der Waals surface area contributed by atoms with Gasteiger partial charge >= 0.3 is 0 Å². The first-order chi connectivity index (χ1) is 11.1. The molecule has 0 unspecified atom stereocenters. The molecule has 0 bridgehead atoms. The minimum absolute atomic E-state index is 0.304. The number of nitrogens with one attached hydrogen (secondary N) is 1. The Hall–Kier alpha value is -2.45. The van der Waals surface area contributed by atoms with Gasteiger partial charge in [0.2, 0.25) is 5.88 Å². The lowest BCUT2D eigenvalue weighted by Crippen LogP contribution is -2.09. The maximum atomic E-state index is 5.35. The Balaban J connectivity index is 2.08. The Kier molecular flexibility index (Phi) is 4.26. The molecule has 0 fully saturated rings. The molecular weight excluding hydrogens is 314 g/mol. The summed E-state index contributed by atoms with van der Waals surface area (Å²) in [5.74, 6) is 6.81. The highest BCUT2D eigenvalue weighted by atomic mass is 32.1. The van der Waals surface area contributed by atoms with Crippen LogP contribution in [0, 0.1) is 0 Å². The molecule has 0 aliphatic rings. The van der Waals surface area contributed by atoms with Gasteiger partial charge in [0.25, 0.3) is 0 Å². The Morgan fingerprint density at radius 2 is 2.04 bits per heavy atom. The van der Waals surface area contributed by atoms with Crippen molar-refractivity contribution < 1.29 is 9.57 Å². The molecule has 2 heterocycles. The number of thiazole rings is 1. The fourth-order valence-corrected chi connectivity index (χ4v) is 2.94. The molecule has 3 N–H and O–H groups in total. The molecule has 23 heavy (non-hydrogen) atoms. The lowest BCUT2D eigenvalue weighted by Gasteiger charge is -2.07. The first kappa shape index (κ1) is 15.4. The fraction of sp³-hybridized carbons (Fsp3) is 0.267. The van der Waals surface area contributed by atoms with Crippen LogP contribution in [-0.4, -0.2) is 28.1 Å². The number of fused-ring (bicyclic) bond motifs is 1. The number of hydrogen-bond donors (Lipinski definition) is 2. The lowest BCUT2D eigenvalue weighted by atomic mass is 10.2. The monoisotopic (exact) mass is 331 g/mol. The molecule has 0 aliphatic heterocycles. The average Bonchev–Trinajstić information content (AvgIpc) is 3.00. The smallest absolute Gasteiger partial charge is 0.249 e. The van der Waals surface area contributed by atoms with E-state index in [4.69, 9.17) is 15.5 Å². The van der Waals surface area contributed by atoms with Crippen molar-refractivity contribution in [2.24, 2.45) is 5.90 Å². The van der Waals surface area contributed by atoms with Gasteiger partial charge in [0.05, 0.1) is 18.0 Å². The summed E-state index contributed by atoms with van der Waals surface area (Å²) >= 11 is 1.50. The molecule has 0 aliphatic carbocycles. The SMILES string of the molecule is COc1ccc2c(ON)nc(-c3csc(NC(C)C)n3)nc2c1. The second-order valence-corrected chi connectivity index (χ2v) is 6.05. The molecule has 3 aromatic rings. The fourth-order valence-electron chi connectivity index (χ4n) is 2.10. The summed E-state index contributed by atoms with van der Waals surface area (Å²) in [6, 6.07) is 5.73. The van der Waals surface area contributed by atoms with E-state index in [1.807, 2.05) is 17.5 Å². The minimum atomic E-state index is 0.304. The quantitative estimate of drug-likeness (QED) is 0.694. The van der Waals surface area contributed by atoms with Gasteiger partial charge in [-0.05, 0) is 26.0 Å². The van der Waals surface area contributed by atoms with Crippen molar-refractivity contribution in [1.29, 1.82) is 0 Å². The summed E-state index contributed by atoms with van der Waals surface area (Å²) < 4.78 is 5.23. The van der Waals surface area contributed by atoms with Crippen LogP contribution in [0.5, 0.6) is 11.6 Å². The molecule has 0 saturated carbocycles. The van der Waals surface area contributed by atoms with Crippen molar-refractivity contribution >= 4 is 27.4 Å². The van der Waals surface area contributed by atoms with E-state index in [1.165, 1.54) is 11.3 Å². The van der Waals surface area contributed by atoms with Crippen LogP contribution in [-0.2, 0) is 0 Å². The van der Waals surface area contributed by atoms with E-state index >= 15 is 0 Å². The number of methoxy groups -OCH3 is 1. The highest BCUT2D eigenvalue weighted by Crippen LogP contribution is 2.30. The normalized spacial score (nSPS) is 11.0. The molecule has 0 amide bonds. The molecule has 2 aromatic heterocycles. The van der Waals surface area contributed by atoms with Gasteiger partial charge < -0.3 is 14.9 Å². The predicted octanol–water partition coefficient (Wildman–Crippen LogP) is 2.83. The first-order valence-electron chi connectivity index (χ1n) is 7.05. The van der Waals surface area contributed by atoms with E-state index in [0.29, 0.717) is 40.1 Å². The Morgan fingerprint density at radius 3 is 2.74 bits per heavy atom. The van der Waals surface area contributed by atoms with E-state index in [1.54, 1.807) is 13.2 Å². The second kappa shape index (κ2) is 6.35. The minimum Gasteiger partial charge on any atom is -0.497 e. The van der Waals surface area contributed by atoms with Gasteiger partial charge in [0, 0.05) is 17.5 Å². The molecule has 0 spiro atoms. The maximum absolute atomic E-state index is 5.35. The van der Waals surface area contributed by atoms with Crippen LogP contribution in [0.1, 0.15) is 13.8 Å². The molecule has 1 aromatic carbocycles. The van der Waals surface area contributed by atoms with Gasteiger partial charge in [0.15, 0.2) is 11.0 Å². The van der Waals surface area contributed by atoms with Crippen LogP contribution in [0.2, 0.25) is 0 Å². The van der Waals surface area contributed by atoms with Crippen LogP contribution in [0.15, 0.2) is 23.6 Å². The molecule has 3 rings (SSSR count). The van der Waals surface area contributed by atoms with E-state index in [9.17, 15) is 0 Å². The summed E-state index contributed by atoms with van der Waals surface area (Å²) in [5, 5.41) is 6.68. The highest BCUT2D eigenvalue weighted by molar-refractivity contribution is 7.14. The number of hydrogen-bond acceptors (Lipinski definition) is 8. The van der Waals surface area contributed by atoms with E-state index in [2.05, 4.69) is 34.1 Å². The van der Waals surface area contributed by atoms with Gasteiger partial charge in [-0.25, -0.2) is 9.97 Å². The van der Waals surface area contributed by atoms with Gasteiger partial charge in [-0.2, -0.15) is 10.9 Å². The standard InChI is InChI=1S/C15H17N5O2S/c1-8(2)17-15-19-12(7-23-15)13-18-11-6-9(21-3)4-5-10(11)14(20-13)22-16/h4-8H,16H2,1-3H3,(H,17,19). The van der Waals surface area contributed by atoms with Crippen molar-refractivity contribution in [1.82, 2.24) is 15.0 Å². The summed E-state index contributed by atoms with van der Waals surface area (Å²) in [4.78, 5) is 18.3. The Labute approximate surface area is 137 Å². The van der Waals surface area contributed by atoms with Crippen molar-refractivity contribution in [3.8, 4) is 23.1 Å². The third-order valence-electron chi connectivity index (χ3n) is 3.13. The van der Waals surface area contributed by atoms with Crippen molar-refractivity contribution in [2.45, 2.75) is 19.9 Å². The molecule has 8 heteroatoms. The summed E-state index contributed by atoms with van der Waals surface area (Å²) in [7, 11) is 1.61. The Morgan fingerprint density at radius 1 is 1.22 bits per heavy atom. The molecule has 0 saturated heterocycles. The average molecular weight is 331 g/mol. The van der Waals surface area contributed by atoms with Crippen LogP contribution in [0.3, 0.4) is 0 Å². The maximum Gasteiger partial charge on any atom is 0.249 e. The van der Waals surface area contributed by atoms with Crippen molar-refractivity contribution in [3.63, 3.8) is 0 Å². The molecule has 0 radical (unpaired) electrons. The number of rotatable bonds is 5. The van der Waals surface area contributed by atoms with Gasteiger partial charge in [-0.1, -0.05) is 0 Å². The second-order valence-electron chi connectivity index (χ2n) is 5.19. The predicted molar refractivity (Wildman–Crippen MR) is 90.8 cm³/mol. The summed E-state index contributed by atoms with van der Waals surface area (Å²) in [6.07, 6.45) is 0. The zero-order valence-corrected chi connectivity index (χ0v) is 13.8. The number of anilines is 1. The first-order valence-corrected chi connectivity index (χ1v) is 7.93. The van der Waals surface area contributed by atoms with E-state index in [-0.39, 0.29) is 0 Å². The third kappa shape index (κ3) is 3.17. The van der Waals surface area contributed by atoms with Crippen molar-refractivity contribution in [2.75, 3.05) is 12.4 Å². The lowest BCUT2D eigenvalue weighted by molar-refractivity contribution is 0.325. The van der Waals surface area contributed by atoms with Crippen LogP contribution in [0.4, 0.5) is 5.13 Å². The number of nitrogens with zero attached hydrogens (tertiary/aromatic N) is 3. The van der Waals surface area contributed by atoms with Gasteiger partial charge in [0.1, 0.15) is 11.4 Å². The number of nitrogens with two attached hydrogens (primary N) is 1. The number of ether oxygens (including phenoxy) is 1. The van der Waals surface area contributed by atoms with Crippen molar-refractivity contribution in [3.05, 3.63) is 23.6 Å².